The van der Waals surface area contributed by atoms with Crippen LogP contribution in [0.15, 0.2) is 76.6 Å². The summed E-state index contributed by atoms with van der Waals surface area (Å²) in [5.41, 5.74) is 1.65. The Morgan fingerprint density at radius 2 is 1.94 bits per heavy atom. The fourth-order valence-electron chi connectivity index (χ4n) is 3.11. The minimum Gasteiger partial charge on any atom is -0.493 e. The highest BCUT2D eigenvalue weighted by Crippen LogP contribution is 2.38. The predicted octanol–water partition coefficient (Wildman–Crippen LogP) is 5.47. The average molecular weight is 497 g/mol. The number of amidine groups is 1. The maximum atomic E-state index is 13.4. The molecule has 2 amide bonds. The minimum atomic E-state index is -0.450. The zero-order valence-corrected chi connectivity index (χ0v) is 19.5. The summed E-state index contributed by atoms with van der Waals surface area (Å²) in [7, 11) is 1.47. The largest absolute Gasteiger partial charge is 0.493 e. The highest BCUT2D eigenvalue weighted by Gasteiger charge is 2.25. The molecular formula is C25H18ClFN2O4S. The summed E-state index contributed by atoms with van der Waals surface area (Å²) < 4.78 is 24.6. The summed E-state index contributed by atoms with van der Waals surface area (Å²) in [5.74, 6) is -0.538. The van der Waals surface area contributed by atoms with Crippen LogP contribution in [0, 0.1) is 5.82 Å². The van der Waals surface area contributed by atoms with Gasteiger partial charge in [0.25, 0.3) is 11.8 Å². The second-order valence-electron chi connectivity index (χ2n) is 7.11. The molecule has 0 atom stereocenters. The number of carbonyl (C=O) groups is 2. The van der Waals surface area contributed by atoms with Gasteiger partial charge in [-0.3, -0.25) is 9.59 Å². The normalized spacial score (nSPS) is 15.4. The number of thioether (sulfide) groups is 1. The summed E-state index contributed by atoms with van der Waals surface area (Å²) >= 11 is 7.46. The number of benzene rings is 3. The maximum Gasteiger partial charge on any atom is 0.279 e. The molecule has 6 nitrogen and oxygen atoms in total. The van der Waals surface area contributed by atoms with Crippen molar-refractivity contribution in [1.29, 1.82) is 0 Å². The Hall–Kier alpha value is -3.62. The molecule has 34 heavy (non-hydrogen) atoms. The number of ether oxygens (including phenoxy) is 2. The summed E-state index contributed by atoms with van der Waals surface area (Å²) in [6.07, 6.45) is 1.61. The van der Waals surface area contributed by atoms with E-state index in [0.29, 0.717) is 33.1 Å². The van der Waals surface area contributed by atoms with E-state index in [1.54, 1.807) is 60.7 Å². The fraction of sp³-hybridized carbons (Fsp3) is 0.0800. The van der Waals surface area contributed by atoms with Crippen LogP contribution in [0.3, 0.4) is 0 Å². The highest BCUT2D eigenvalue weighted by molar-refractivity contribution is 8.18. The van der Waals surface area contributed by atoms with Gasteiger partial charge in [0.15, 0.2) is 16.7 Å². The molecule has 0 spiro atoms. The lowest BCUT2D eigenvalue weighted by Gasteiger charge is -2.13. The third kappa shape index (κ3) is 5.65. The molecule has 1 heterocycles. The SMILES string of the molecule is COc1cc(/C=C2\SC(=NC(=O)c3ccccc3)NC2=O)cc(Cl)c1OCc1cccc(F)c1. The third-order valence-electron chi connectivity index (χ3n) is 4.70. The Kier molecular flexibility index (Phi) is 7.30. The lowest BCUT2D eigenvalue weighted by molar-refractivity contribution is -0.115. The van der Waals surface area contributed by atoms with Crippen molar-refractivity contribution in [2.24, 2.45) is 4.99 Å². The van der Waals surface area contributed by atoms with Crippen LogP contribution >= 0.6 is 23.4 Å². The third-order valence-corrected chi connectivity index (χ3v) is 5.89. The number of methoxy groups -OCH3 is 1. The molecule has 1 fully saturated rings. The Morgan fingerprint density at radius 1 is 1.15 bits per heavy atom. The minimum absolute atomic E-state index is 0.0990. The van der Waals surface area contributed by atoms with Crippen molar-refractivity contribution >= 4 is 46.4 Å². The molecule has 1 aliphatic heterocycles. The molecule has 0 saturated carbocycles. The van der Waals surface area contributed by atoms with E-state index in [9.17, 15) is 14.0 Å². The van der Waals surface area contributed by atoms with Crippen LogP contribution in [0.2, 0.25) is 5.02 Å². The smallest absolute Gasteiger partial charge is 0.279 e. The number of halogens is 2. The van der Waals surface area contributed by atoms with E-state index in [1.165, 1.54) is 19.2 Å². The van der Waals surface area contributed by atoms with Gasteiger partial charge in [-0.05, 0) is 65.4 Å². The van der Waals surface area contributed by atoms with Gasteiger partial charge < -0.3 is 14.8 Å². The molecule has 0 radical (unpaired) electrons. The van der Waals surface area contributed by atoms with Crippen LogP contribution in [0.5, 0.6) is 11.5 Å². The van der Waals surface area contributed by atoms with Gasteiger partial charge in [0.05, 0.1) is 17.0 Å². The average Bonchev–Trinajstić information content (AvgIpc) is 3.16. The standard InChI is InChI=1S/C25H18ClFN2O4S/c1-32-20-12-16(11-19(26)22(20)33-14-15-6-5-9-18(27)10-15)13-21-24(31)29-25(34-21)28-23(30)17-7-3-2-4-8-17/h2-13H,14H2,1H3,(H,28,29,30,31)/b21-13-. The number of amides is 2. The summed E-state index contributed by atoms with van der Waals surface area (Å²) in [5, 5.41) is 3.04. The molecule has 0 aliphatic carbocycles. The number of nitrogens with zero attached hydrogens (tertiary/aromatic N) is 1. The number of aliphatic imine (C=N–C) groups is 1. The zero-order chi connectivity index (χ0) is 24.1. The van der Waals surface area contributed by atoms with Crippen LogP contribution < -0.4 is 14.8 Å². The van der Waals surface area contributed by atoms with Crippen LogP contribution in [-0.4, -0.2) is 24.1 Å². The molecule has 1 N–H and O–H groups in total. The first kappa shape index (κ1) is 23.5. The van der Waals surface area contributed by atoms with Crippen LogP contribution in [0.1, 0.15) is 21.5 Å². The molecule has 1 saturated heterocycles. The summed E-state index contributed by atoms with van der Waals surface area (Å²) in [4.78, 5) is 29.0. The number of rotatable bonds is 6. The molecule has 0 aromatic heterocycles. The van der Waals surface area contributed by atoms with Gasteiger partial charge in [-0.25, -0.2) is 4.39 Å². The number of carbonyl (C=O) groups excluding carboxylic acids is 2. The molecule has 3 aromatic carbocycles. The Labute approximate surface area is 204 Å². The van der Waals surface area contributed by atoms with Crippen molar-refractivity contribution in [3.05, 3.63) is 99.2 Å². The first-order chi connectivity index (χ1) is 16.4. The Morgan fingerprint density at radius 3 is 2.68 bits per heavy atom. The van der Waals surface area contributed by atoms with E-state index in [0.717, 1.165) is 11.8 Å². The lowest BCUT2D eigenvalue weighted by Crippen LogP contribution is -2.20. The first-order valence-corrected chi connectivity index (χ1v) is 11.3. The second-order valence-corrected chi connectivity index (χ2v) is 8.54. The molecule has 0 bridgehead atoms. The number of hydrogen-bond acceptors (Lipinski definition) is 5. The molecular weight excluding hydrogens is 479 g/mol. The van der Waals surface area contributed by atoms with Crippen molar-refractivity contribution in [2.75, 3.05) is 7.11 Å². The fourth-order valence-corrected chi connectivity index (χ4v) is 4.21. The molecule has 9 heteroatoms. The Bertz CT molecular complexity index is 1310. The quantitative estimate of drug-likeness (QED) is 0.458. The van der Waals surface area contributed by atoms with Crippen molar-refractivity contribution < 1.29 is 23.5 Å². The topological polar surface area (TPSA) is 77.0 Å². The van der Waals surface area contributed by atoms with Crippen LogP contribution in [0.4, 0.5) is 4.39 Å². The van der Waals surface area contributed by atoms with E-state index < -0.39 is 5.91 Å². The summed E-state index contributed by atoms with van der Waals surface area (Å²) in [6.45, 7) is 0.0990. The molecule has 3 aromatic rings. The monoisotopic (exact) mass is 496 g/mol. The van der Waals surface area contributed by atoms with E-state index in [-0.39, 0.29) is 28.5 Å². The van der Waals surface area contributed by atoms with E-state index in [2.05, 4.69) is 10.3 Å². The number of hydrogen-bond donors (Lipinski definition) is 1. The van der Waals surface area contributed by atoms with Gasteiger partial charge >= 0.3 is 0 Å². The maximum absolute atomic E-state index is 13.4. The van der Waals surface area contributed by atoms with E-state index >= 15 is 0 Å². The van der Waals surface area contributed by atoms with Crippen molar-refractivity contribution in [3.8, 4) is 11.5 Å². The van der Waals surface area contributed by atoms with E-state index in [1.807, 2.05) is 0 Å². The van der Waals surface area contributed by atoms with E-state index in [4.69, 9.17) is 21.1 Å². The van der Waals surface area contributed by atoms with Gasteiger partial charge in [0.1, 0.15) is 12.4 Å². The lowest BCUT2D eigenvalue weighted by atomic mass is 10.1. The van der Waals surface area contributed by atoms with Crippen molar-refractivity contribution in [3.63, 3.8) is 0 Å². The highest BCUT2D eigenvalue weighted by atomic mass is 35.5. The predicted molar refractivity (Wildman–Crippen MR) is 131 cm³/mol. The molecule has 172 valence electrons. The zero-order valence-electron chi connectivity index (χ0n) is 17.9. The number of nitrogens with one attached hydrogen (secondary N) is 1. The summed E-state index contributed by atoms with van der Waals surface area (Å²) in [6, 6.07) is 17.9. The van der Waals surface area contributed by atoms with Gasteiger partial charge in [-0.15, -0.1) is 0 Å². The van der Waals surface area contributed by atoms with Crippen molar-refractivity contribution in [2.45, 2.75) is 6.61 Å². The molecule has 1 aliphatic rings. The van der Waals surface area contributed by atoms with Gasteiger partial charge in [-0.2, -0.15) is 4.99 Å². The Balaban J connectivity index is 1.52. The van der Waals surface area contributed by atoms with Gasteiger partial charge in [0, 0.05) is 5.56 Å². The first-order valence-electron chi connectivity index (χ1n) is 10.1. The molecule has 4 rings (SSSR count). The molecule has 0 unspecified atom stereocenters. The van der Waals surface area contributed by atoms with Crippen LogP contribution in [-0.2, 0) is 11.4 Å². The van der Waals surface area contributed by atoms with Crippen LogP contribution in [0.25, 0.3) is 6.08 Å². The second kappa shape index (κ2) is 10.5. The van der Waals surface area contributed by atoms with Gasteiger partial charge in [0.2, 0.25) is 0 Å². The van der Waals surface area contributed by atoms with Gasteiger partial charge in [-0.1, -0.05) is 41.9 Å². The van der Waals surface area contributed by atoms with Crippen molar-refractivity contribution in [1.82, 2.24) is 5.32 Å².